The highest BCUT2D eigenvalue weighted by Crippen LogP contribution is 2.18. The molecule has 0 amide bonds. The summed E-state index contributed by atoms with van der Waals surface area (Å²) >= 11 is 0. The smallest absolute Gasteiger partial charge is 0.279 e. The van der Waals surface area contributed by atoms with Gasteiger partial charge < -0.3 is 9.64 Å². The third-order valence-electron chi connectivity index (χ3n) is 3.29. The van der Waals surface area contributed by atoms with Gasteiger partial charge in [0.15, 0.2) is 5.03 Å². The van der Waals surface area contributed by atoms with Gasteiger partial charge in [0.2, 0.25) is 0 Å². The Bertz CT molecular complexity index is 723. The van der Waals surface area contributed by atoms with Crippen molar-refractivity contribution in [2.75, 3.05) is 29.8 Å². The summed E-state index contributed by atoms with van der Waals surface area (Å²) in [6, 6.07) is 4.89. The molecule has 2 aromatic rings. The molecule has 0 atom stereocenters. The molecule has 126 valence electrons. The maximum Gasteiger partial charge on any atom is 0.279 e. The maximum atomic E-state index is 12.4. The normalized spacial score (nSPS) is 11.4. The minimum atomic E-state index is -3.75. The summed E-state index contributed by atoms with van der Waals surface area (Å²) in [4.78, 5) is 6.37. The summed E-state index contributed by atoms with van der Waals surface area (Å²) in [5.41, 5.74) is 0.395. The van der Waals surface area contributed by atoms with Gasteiger partial charge in [0.25, 0.3) is 10.0 Å². The highest BCUT2D eigenvalue weighted by molar-refractivity contribution is 7.92. The standard InChI is InChI=1S/C14H21N5O3S/c1-4-18(5-2)13-7-6-12(10-15-13)17-23(20,21)14-8-9-16-19(14)11-22-3/h6-10,17H,4-5,11H2,1-3H3. The van der Waals surface area contributed by atoms with Crippen LogP contribution in [0, 0.1) is 0 Å². The van der Waals surface area contributed by atoms with Gasteiger partial charge in [-0.2, -0.15) is 13.5 Å². The van der Waals surface area contributed by atoms with Gasteiger partial charge in [0.05, 0.1) is 18.1 Å². The molecule has 2 rings (SSSR count). The molecular formula is C14H21N5O3S. The lowest BCUT2D eigenvalue weighted by Gasteiger charge is -2.19. The SMILES string of the molecule is CCN(CC)c1ccc(NS(=O)(=O)c2ccnn2COC)cn1. The number of aromatic nitrogens is 3. The van der Waals surface area contributed by atoms with Crippen LogP contribution in [0.2, 0.25) is 0 Å². The predicted octanol–water partition coefficient (Wildman–Crippen LogP) is 1.53. The molecule has 1 N–H and O–H groups in total. The number of anilines is 2. The number of ether oxygens (including phenoxy) is 1. The molecule has 0 saturated heterocycles. The van der Waals surface area contributed by atoms with Gasteiger partial charge in [-0.15, -0.1) is 0 Å². The molecule has 0 radical (unpaired) electrons. The van der Waals surface area contributed by atoms with Crippen molar-refractivity contribution in [3.63, 3.8) is 0 Å². The van der Waals surface area contributed by atoms with E-state index in [0.29, 0.717) is 5.69 Å². The van der Waals surface area contributed by atoms with Crippen LogP contribution < -0.4 is 9.62 Å². The summed E-state index contributed by atoms with van der Waals surface area (Å²) < 4.78 is 33.5. The molecule has 0 bridgehead atoms. The predicted molar refractivity (Wildman–Crippen MR) is 87.8 cm³/mol. The monoisotopic (exact) mass is 339 g/mol. The second kappa shape index (κ2) is 7.42. The van der Waals surface area contributed by atoms with Crippen LogP contribution >= 0.6 is 0 Å². The van der Waals surface area contributed by atoms with E-state index in [9.17, 15) is 8.42 Å². The van der Waals surface area contributed by atoms with Crippen molar-refractivity contribution in [2.45, 2.75) is 25.6 Å². The van der Waals surface area contributed by atoms with Gasteiger partial charge in [0, 0.05) is 20.2 Å². The minimum absolute atomic E-state index is 0.0344. The first-order chi connectivity index (χ1) is 11.0. The molecule has 23 heavy (non-hydrogen) atoms. The number of rotatable bonds is 8. The number of hydrogen-bond donors (Lipinski definition) is 1. The van der Waals surface area contributed by atoms with Crippen LogP contribution in [0.3, 0.4) is 0 Å². The Morgan fingerprint density at radius 1 is 1.26 bits per heavy atom. The Hall–Kier alpha value is -2.13. The zero-order chi connectivity index (χ0) is 16.9. The minimum Gasteiger partial charge on any atom is -0.362 e. The Kier molecular flexibility index (Phi) is 5.56. The third-order valence-corrected chi connectivity index (χ3v) is 4.69. The number of hydrogen-bond acceptors (Lipinski definition) is 6. The van der Waals surface area contributed by atoms with E-state index in [2.05, 4.69) is 19.7 Å². The molecule has 0 aliphatic rings. The van der Waals surface area contributed by atoms with Crippen molar-refractivity contribution >= 4 is 21.5 Å². The molecule has 0 aliphatic heterocycles. The first-order valence-corrected chi connectivity index (χ1v) is 8.74. The molecule has 8 nitrogen and oxygen atoms in total. The topological polar surface area (TPSA) is 89.4 Å². The fourth-order valence-electron chi connectivity index (χ4n) is 2.16. The lowest BCUT2D eigenvalue weighted by Crippen LogP contribution is -2.23. The molecule has 0 unspecified atom stereocenters. The summed E-state index contributed by atoms with van der Waals surface area (Å²) in [5.74, 6) is 0.808. The summed E-state index contributed by atoms with van der Waals surface area (Å²) in [6.45, 7) is 5.81. The fourth-order valence-corrected chi connectivity index (χ4v) is 3.31. The molecular weight excluding hydrogens is 318 g/mol. The Balaban J connectivity index is 2.19. The van der Waals surface area contributed by atoms with Crippen molar-refractivity contribution in [1.29, 1.82) is 0 Å². The van der Waals surface area contributed by atoms with Gasteiger partial charge >= 0.3 is 0 Å². The zero-order valence-corrected chi connectivity index (χ0v) is 14.2. The summed E-state index contributed by atoms with van der Waals surface area (Å²) in [7, 11) is -2.28. The van der Waals surface area contributed by atoms with Crippen LogP contribution in [0.5, 0.6) is 0 Å². The highest BCUT2D eigenvalue weighted by Gasteiger charge is 2.19. The van der Waals surface area contributed by atoms with Crippen molar-refractivity contribution in [1.82, 2.24) is 14.8 Å². The number of nitrogens with one attached hydrogen (secondary N) is 1. The number of methoxy groups -OCH3 is 1. The molecule has 0 fully saturated rings. The molecule has 2 aromatic heterocycles. The van der Waals surface area contributed by atoms with Crippen LogP contribution in [-0.4, -0.2) is 43.4 Å². The second-order valence-corrected chi connectivity index (χ2v) is 6.40. The van der Waals surface area contributed by atoms with Crippen LogP contribution in [0.1, 0.15) is 13.8 Å². The largest absolute Gasteiger partial charge is 0.362 e. The van der Waals surface area contributed by atoms with E-state index in [1.807, 2.05) is 13.8 Å². The Labute approximate surface area is 136 Å². The lowest BCUT2D eigenvalue weighted by atomic mass is 10.4. The number of pyridine rings is 1. The average Bonchev–Trinajstić information content (AvgIpc) is 2.99. The van der Waals surface area contributed by atoms with Gasteiger partial charge in [0.1, 0.15) is 12.5 Å². The molecule has 0 aliphatic carbocycles. The second-order valence-electron chi connectivity index (χ2n) is 4.77. The van der Waals surface area contributed by atoms with E-state index in [4.69, 9.17) is 4.74 Å². The number of nitrogens with zero attached hydrogens (tertiary/aromatic N) is 4. The third kappa shape index (κ3) is 3.99. The van der Waals surface area contributed by atoms with E-state index in [1.54, 1.807) is 12.1 Å². The van der Waals surface area contributed by atoms with Crippen LogP contribution in [0.4, 0.5) is 11.5 Å². The maximum absolute atomic E-state index is 12.4. The molecule has 0 aromatic carbocycles. The molecule has 0 saturated carbocycles. The Morgan fingerprint density at radius 3 is 2.57 bits per heavy atom. The van der Waals surface area contributed by atoms with E-state index in [1.165, 1.54) is 30.3 Å². The van der Waals surface area contributed by atoms with Gasteiger partial charge in [-0.25, -0.2) is 9.67 Å². The lowest BCUT2D eigenvalue weighted by molar-refractivity contribution is 0.113. The van der Waals surface area contributed by atoms with Crippen LogP contribution in [-0.2, 0) is 21.5 Å². The Morgan fingerprint density at radius 2 is 2.00 bits per heavy atom. The number of sulfonamides is 1. The first-order valence-electron chi connectivity index (χ1n) is 7.26. The zero-order valence-electron chi connectivity index (χ0n) is 13.4. The van der Waals surface area contributed by atoms with Crippen LogP contribution in [0.25, 0.3) is 0 Å². The van der Waals surface area contributed by atoms with Crippen molar-refractivity contribution in [2.24, 2.45) is 0 Å². The van der Waals surface area contributed by atoms with Crippen molar-refractivity contribution in [3.8, 4) is 0 Å². The van der Waals surface area contributed by atoms with E-state index >= 15 is 0 Å². The fraction of sp³-hybridized carbons (Fsp3) is 0.429. The van der Waals surface area contributed by atoms with E-state index in [-0.39, 0.29) is 11.8 Å². The molecule has 0 spiro atoms. The van der Waals surface area contributed by atoms with Crippen molar-refractivity contribution < 1.29 is 13.2 Å². The van der Waals surface area contributed by atoms with Gasteiger partial charge in [-0.05, 0) is 32.0 Å². The van der Waals surface area contributed by atoms with E-state index < -0.39 is 10.0 Å². The van der Waals surface area contributed by atoms with E-state index in [0.717, 1.165) is 18.9 Å². The summed E-state index contributed by atoms with van der Waals surface area (Å²) in [6.07, 6.45) is 2.91. The quantitative estimate of drug-likeness (QED) is 0.784. The van der Waals surface area contributed by atoms with Crippen LogP contribution in [0.15, 0.2) is 35.6 Å². The average molecular weight is 339 g/mol. The first kappa shape index (κ1) is 17.2. The molecule has 9 heteroatoms. The summed E-state index contributed by atoms with van der Waals surface area (Å²) in [5, 5.41) is 3.96. The van der Waals surface area contributed by atoms with Gasteiger partial charge in [-0.3, -0.25) is 4.72 Å². The molecule has 2 heterocycles. The highest BCUT2D eigenvalue weighted by atomic mass is 32.2. The van der Waals surface area contributed by atoms with Crippen molar-refractivity contribution in [3.05, 3.63) is 30.6 Å². The van der Waals surface area contributed by atoms with Gasteiger partial charge in [-0.1, -0.05) is 0 Å².